The van der Waals surface area contributed by atoms with Crippen molar-refractivity contribution in [3.05, 3.63) is 33.9 Å². The maximum Gasteiger partial charge on any atom is 0.163 e. The molecule has 1 aliphatic heterocycles. The summed E-state index contributed by atoms with van der Waals surface area (Å²) in [5.41, 5.74) is 2.02. The van der Waals surface area contributed by atoms with E-state index in [0.29, 0.717) is 12.0 Å². The zero-order valence-electron chi connectivity index (χ0n) is 13.8. The van der Waals surface area contributed by atoms with Crippen LogP contribution in [0.15, 0.2) is 33.9 Å². The van der Waals surface area contributed by atoms with E-state index >= 15 is 0 Å². The molecule has 0 saturated carbocycles. The van der Waals surface area contributed by atoms with Crippen LogP contribution in [0.5, 0.6) is 0 Å². The first-order valence-electron chi connectivity index (χ1n) is 7.75. The monoisotopic (exact) mass is 376 g/mol. The van der Waals surface area contributed by atoms with Crippen molar-refractivity contribution in [3.8, 4) is 0 Å². The molecular weight excluding hydrogens is 356 g/mol. The molecule has 1 aromatic carbocycles. The van der Waals surface area contributed by atoms with Gasteiger partial charge in [-0.05, 0) is 43.9 Å². The second kappa shape index (κ2) is 5.20. The van der Waals surface area contributed by atoms with Gasteiger partial charge < -0.3 is 10.6 Å². The van der Waals surface area contributed by atoms with Gasteiger partial charge in [-0.2, -0.15) is 0 Å². The van der Waals surface area contributed by atoms with Crippen molar-refractivity contribution in [2.75, 3.05) is 10.6 Å². The van der Waals surface area contributed by atoms with E-state index in [4.69, 9.17) is 0 Å². The van der Waals surface area contributed by atoms with Gasteiger partial charge in [0.25, 0.3) is 0 Å². The van der Waals surface area contributed by atoms with Crippen LogP contribution in [0, 0.1) is 5.41 Å². The van der Waals surface area contributed by atoms with Crippen LogP contribution in [-0.4, -0.2) is 17.1 Å². The summed E-state index contributed by atoms with van der Waals surface area (Å²) in [6.07, 6.45) is 1.20. The third kappa shape index (κ3) is 2.71. The normalized spacial score (nSPS) is 25.7. The molecule has 0 aromatic heterocycles. The smallest absolute Gasteiger partial charge is 0.163 e. The van der Waals surface area contributed by atoms with Gasteiger partial charge in [0.1, 0.15) is 5.54 Å². The van der Waals surface area contributed by atoms with Gasteiger partial charge in [0.15, 0.2) is 11.6 Å². The topological polar surface area (TPSA) is 58.2 Å². The summed E-state index contributed by atoms with van der Waals surface area (Å²) in [5.74, 6) is -0.0199. The summed E-state index contributed by atoms with van der Waals surface area (Å²) in [6.45, 7) is 7.51. The van der Waals surface area contributed by atoms with Crippen molar-refractivity contribution in [2.45, 2.75) is 46.1 Å². The molecule has 0 spiro atoms. The summed E-state index contributed by atoms with van der Waals surface area (Å²) in [6, 6.07) is 5.83. The summed E-state index contributed by atoms with van der Waals surface area (Å²) in [7, 11) is 0. The van der Waals surface area contributed by atoms with E-state index in [0.717, 1.165) is 28.0 Å². The van der Waals surface area contributed by atoms with Crippen molar-refractivity contribution in [3.63, 3.8) is 0 Å². The van der Waals surface area contributed by atoms with E-state index in [1.807, 2.05) is 18.2 Å². The van der Waals surface area contributed by atoms with Crippen molar-refractivity contribution in [1.29, 1.82) is 0 Å². The van der Waals surface area contributed by atoms with Gasteiger partial charge in [-0.1, -0.05) is 29.8 Å². The first-order valence-corrected chi connectivity index (χ1v) is 8.54. The van der Waals surface area contributed by atoms with E-state index in [2.05, 4.69) is 40.4 Å². The van der Waals surface area contributed by atoms with Crippen molar-refractivity contribution < 1.29 is 9.59 Å². The molecule has 0 saturated heterocycles. The van der Waals surface area contributed by atoms with Crippen LogP contribution in [0.4, 0.5) is 11.4 Å². The fourth-order valence-electron chi connectivity index (χ4n) is 3.50. The minimum absolute atomic E-state index is 0.0424. The molecule has 4 nitrogen and oxygen atoms in total. The highest BCUT2D eigenvalue weighted by atomic mass is 79.9. The highest BCUT2D eigenvalue weighted by Crippen LogP contribution is 2.45. The van der Waals surface area contributed by atoms with E-state index in [-0.39, 0.29) is 17.0 Å². The van der Waals surface area contributed by atoms with Crippen LogP contribution < -0.4 is 10.6 Å². The summed E-state index contributed by atoms with van der Waals surface area (Å²) >= 11 is 3.46. The second-order valence-corrected chi connectivity index (χ2v) is 8.33. The summed E-state index contributed by atoms with van der Waals surface area (Å²) < 4.78 is 0.919. The Labute approximate surface area is 144 Å². The van der Waals surface area contributed by atoms with Gasteiger partial charge in [-0.25, -0.2) is 0 Å². The Morgan fingerprint density at radius 1 is 1.17 bits per heavy atom. The Kier molecular flexibility index (Phi) is 3.67. The molecule has 1 aliphatic carbocycles. The molecule has 0 fully saturated rings. The third-order valence-electron chi connectivity index (χ3n) is 4.73. The molecule has 23 heavy (non-hydrogen) atoms. The number of hydrogen-bond donors (Lipinski definition) is 2. The molecule has 1 aromatic rings. The maximum absolute atomic E-state index is 12.8. The largest absolute Gasteiger partial charge is 0.368 e. The molecule has 1 heterocycles. The molecule has 0 radical (unpaired) electrons. The van der Waals surface area contributed by atoms with Gasteiger partial charge in [0, 0.05) is 22.2 Å². The van der Waals surface area contributed by atoms with Crippen LogP contribution in [0.25, 0.3) is 0 Å². The molecule has 0 bridgehead atoms. The summed E-state index contributed by atoms with van der Waals surface area (Å²) in [4.78, 5) is 25.3. The van der Waals surface area contributed by atoms with Gasteiger partial charge in [0.2, 0.25) is 0 Å². The number of halogens is 1. The first kappa shape index (κ1) is 16.2. The Bertz CT molecular complexity index is 751. The summed E-state index contributed by atoms with van der Waals surface area (Å²) in [5, 5.41) is 6.72. The molecule has 122 valence electrons. The number of benzene rings is 1. The Balaban J connectivity index is 2.23. The number of fused-ring (bicyclic) bond motifs is 1. The van der Waals surface area contributed by atoms with Crippen LogP contribution in [0.1, 0.15) is 40.5 Å². The van der Waals surface area contributed by atoms with Crippen LogP contribution >= 0.6 is 15.9 Å². The fourth-order valence-corrected chi connectivity index (χ4v) is 3.86. The lowest BCUT2D eigenvalue weighted by molar-refractivity contribution is -0.124. The Morgan fingerprint density at radius 2 is 1.87 bits per heavy atom. The quantitative estimate of drug-likeness (QED) is 0.767. The molecule has 5 heteroatoms. The van der Waals surface area contributed by atoms with Crippen molar-refractivity contribution >= 4 is 38.9 Å². The number of carbonyl (C=O) groups is 2. The zero-order valence-corrected chi connectivity index (χ0v) is 15.4. The highest BCUT2D eigenvalue weighted by molar-refractivity contribution is 9.10. The van der Waals surface area contributed by atoms with E-state index in [9.17, 15) is 9.59 Å². The predicted molar refractivity (Wildman–Crippen MR) is 95.5 cm³/mol. The third-order valence-corrected chi connectivity index (χ3v) is 5.22. The van der Waals surface area contributed by atoms with Crippen LogP contribution in [-0.2, 0) is 9.59 Å². The zero-order chi connectivity index (χ0) is 17.0. The highest BCUT2D eigenvalue weighted by Gasteiger charge is 2.46. The molecule has 2 N–H and O–H groups in total. The van der Waals surface area contributed by atoms with E-state index < -0.39 is 5.54 Å². The number of anilines is 2. The molecule has 1 atom stereocenters. The number of nitrogens with one attached hydrogen (secondary N) is 2. The lowest BCUT2D eigenvalue weighted by Gasteiger charge is -2.37. The number of hydrogen-bond acceptors (Lipinski definition) is 4. The number of Topliss-reactive ketones (excluding diaryl/α,β-unsaturated/α-hetero) is 2. The lowest BCUT2D eigenvalue weighted by Crippen LogP contribution is -2.48. The minimum atomic E-state index is -1.01. The first-order chi connectivity index (χ1) is 10.6. The molecule has 2 aliphatic rings. The van der Waals surface area contributed by atoms with Crippen LogP contribution in [0.2, 0.25) is 0 Å². The minimum Gasteiger partial charge on any atom is -0.368 e. The van der Waals surface area contributed by atoms with Gasteiger partial charge in [0.05, 0.1) is 11.4 Å². The maximum atomic E-state index is 12.8. The SMILES string of the molecule is CC(=O)C1(C)Nc2cc(Br)ccc2NC2=C1C(=O)CC(C)(C)C2. The van der Waals surface area contributed by atoms with Gasteiger partial charge in [-0.15, -0.1) is 0 Å². The van der Waals surface area contributed by atoms with Crippen molar-refractivity contribution in [2.24, 2.45) is 5.41 Å². The molecular formula is C18H21BrN2O2. The van der Waals surface area contributed by atoms with Crippen LogP contribution in [0.3, 0.4) is 0 Å². The molecule has 3 rings (SSSR count). The predicted octanol–water partition coefficient (Wildman–Crippen LogP) is 4.28. The van der Waals surface area contributed by atoms with Gasteiger partial charge in [-0.3, -0.25) is 9.59 Å². The fraction of sp³-hybridized carbons (Fsp3) is 0.444. The van der Waals surface area contributed by atoms with Gasteiger partial charge >= 0.3 is 0 Å². The second-order valence-electron chi connectivity index (χ2n) is 7.42. The van der Waals surface area contributed by atoms with E-state index in [1.165, 1.54) is 6.92 Å². The van der Waals surface area contributed by atoms with Crippen molar-refractivity contribution in [1.82, 2.24) is 0 Å². The molecule has 0 amide bonds. The Morgan fingerprint density at radius 3 is 2.52 bits per heavy atom. The number of carbonyl (C=O) groups excluding carboxylic acids is 2. The number of allylic oxidation sites excluding steroid dienone is 1. The molecule has 1 unspecified atom stereocenters. The Hall–Kier alpha value is -1.62. The van der Waals surface area contributed by atoms with E-state index in [1.54, 1.807) is 6.92 Å². The average molecular weight is 377 g/mol. The lowest BCUT2D eigenvalue weighted by atomic mass is 9.70. The standard InChI is InChI=1S/C18H21BrN2O2/c1-10(22)18(4)16-14(8-17(2,3)9-15(16)23)20-12-6-5-11(19)7-13(12)21-18/h5-7,20-21H,8-9H2,1-4H3. The number of rotatable bonds is 1. The number of ketones is 2. The average Bonchev–Trinajstić information content (AvgIpc) is 2.51.